The Hall–Kier alpha value is -3.34. The lowest BCUT2D eigenvalue weighted by Crippen LogP contribution is -2.10. The Morgan fingerprint density at radius 3 is 2.36 bits per heavy atom. The summed E-state index contributed by atoms with van der Waals surface area (Å²) < 4.78 is 13.6. The highest BCUT2D eigenvalue weighted by atomic mass is 16.5. The summed E-state index contributed by atoms with van der Waals surface area (Å²) in [7, 11) is 0. The van der Waals surface area contributed by atoms with Crippen LogP contribution in [0.15, 0.2) is 79.3 Å². The lowest BCUT2D eigenvalue weighted by molar-refractivity contribution is 0.298. The molecule has 2 aliphatic rings. The van der Waals surface area contributed by atoms with Crippen molar-refractivity contribution in [2.75, 3.05) is 6.61 Å². The molecule has 124 valence electrons. The molecule has 0 unspecified atom stereocenters. The van der Waals surface area contributed by atoms with Gasteiger partial charge in [-0.25, -0.2) is 9.97 Å². The highest BCUT2D eigenvalue weighted by Gasteiger charge is 2.08. The van der Waals surface area contributed by atoms with E-state index in [-0.39, 0.29) is 0 Å². The van der Waals surface area contributed by atoms with Gasteiger partial charge in [0, 0.05) is 6.20 Å². The Morgan fingerprint density at radius 1 is 0.760 bits per heavy atom. The van der Waals surface area contributed by atoms with E-state index in [4.69, 9.17) is 9.47 Å². The average molecular weight is 331 g/mol. The number of imidazole rings is 1. The Balaban J connectivity index is 1.33. The van der Waals surface area contributed by atoms with Gasteiger partial charge in [0.05, 0.1) is 6.54 Å². The number of rotatable bonds is 6. The van der Waals surface area contributed by atoms with Gasteiger partial charge in [-0.05, 0) is 48.5 Å². The van der Waals surface area contributed by atoms with Crippen molar-refractivity contribution >= 4 is 0 Å². The SMILES string of the molecule is c1ccc(Oc2ccc(OCCn3cccc4ncnc3-4)cc2)cc1. The van der Waals surface area contributed by atoms with Crippen LogP contribution >= 0.6 is 0 Å². The second-order valence-electron chi connectivity index (χ2n) is 5.52. The molecule has 2 heterocycles. The van der Waals surface area contributed by atoms with E-state index in [2.05, 4.69) is 9.97 Å². The van der Waals surface area contributed by atoms with Gasteiger partial charge >= 0.3 is 0 Å². The zero-order chi connectivity index (χ0) is 16.9. The second kappa shape index (κ2) is 7.05. The molecule has 0 atom stereocenters. The molecule has 0 saturated heterocycles. The van der Waals surface area contributed by atoms with Crippen molar-refractivity contribution in [2.24, 2.45) is 0 Å². The van der Waals surface area contributed by atoms with Gasteiger partial charge in [-0.15, -0.1) is 0 Å². The number of ether oxygens (including phenoxy) is 2. The molecule has 5 heteroatoms. The molecule has 0 radical (unpaired) electrons. The number of hydrogen-bond acceptors (Lipinski definition) is 4. The number of benzene rings is 2. The molecule has 5 nitrogen and oxygen atoms in total. The smallest absolute Gasteiger partial charge is 0.160 e. The summed E-state index contributed by atoms with van der Waals surface area (Å²) in [6.07, 6.45) is 3.56. The quantitative estimate of drug-likeness (QED) is 0.530. The van der Waals surface area contributed by atoms with Gasteiger partial charge in [-0.1, -0.05) is 18.2 Å². The highest BCUT2D eigenvalue weighted by Crippen LogP contribution is 2.23. The van der Waals surface area contributed by atoms with Crippen LogP contribution in [0.1, 0.15) is 0 Å². The van der Waals surface area contributed by atoms with E-state index in [1.807, 2.05) is 77.5 Å². The molecular formula is C20H17N3O2. The van der Waals surface area contributed by atoms with Crippen molar-refractivity contribution in [1.82, 2.24) is 14.5 Å². The molecular weight excluding hydrogens is 314 g/mol. The summed E-state index contributed by atoms with van der Waals surface area (Å²) in [4.78, 5) is 8.48. The van der Waals surface area contributed by atoms with Crippen molar-refractivity contribution in [2.45, 2.75) is 6.54 Å². The summed E-state index contributed by atoms with van der Waals surface area (Å²) in [6, 6.07) is 21.2. The summed E-state index contributed by atoms with van der Waals surface area (Å²) >= 11 is 0. The number of pyridine rings is 1. The van der Waals surface area contributed by atoms with Crippen LogP contribution in [0.5, 0.6) is 17.2 Å². The van der Waals surface area contributed by atoms with Crippen LogP contribution in [0.25, 0.3) is 11.5 Å². The van der Waals surface area contributed by atoms with Crippen molar-refractivity contribution in [3.63, 3.8) is 0 Å². The normalized spacial score (nSPS) is 10.7. The number of para-hydroxylation sites is 1. The molecule has 0 fully saturated rings. The largest absolute Gasteiger partial charge is 0.492 e. The fraction of sp³-hybridized carbons (Fsp3) is 0.100. The molecule has 0 saturated carbocycles. The van der Waals surface area contributed by atoms with E-state index < -0.39 is 0 Å². The van der Waals surface area contributed by atoms with Gasteiger partial charge in [-0.3, -0.25) is 0 Å². The molecule has 0 amide bonds. The van der Waals surface area contributed by atoms with Crippen LogP contribution in [-0.2, 0) is 6.54 Å². The Kier molecular flexibility index (Phi) is 4.29. The molecule has 2 aromatic rings. The lowest BCUT2D eigenvalue weighted by Gasteiger charge is -2.12. The topological polar surface area (TPSA) is 49.2 Å². The average Bonchev–Trinajstić information content (AvgIpc) is 3.14. The standard InChI is InChI=1S/C20H17N3O2/c1-2-5-17(6-3-1)25-18-10-8-16(9-11-18)24-14-13-23-12-4-7-19-20(23)22-15-21-19/h1-12,15H,13-14H2. The van der Waals surface area contributed by atoms with Gasteiger partial charge in [0.15, 0.2) is 5.82 Å². The Morgan fingerprint density at radius 2 is 1.52 bits per heavy atom. The third kappa shape index (κ3) is 3.61. The number of aromatic nitrogens is 3. The van der Waals surface area contributed by atoms with Crippen molar-refractivity contribution in [1.29, 1.82) is 0 Å². The maximum atomic E-state index is 5.82. The molecule has 0 spiro atoms. The first-order chi connectivity index (χ1) is 12.4. The minimum absolute atomic E-state index is 0.551. The van der Waals surface area contributed by atoms with E-state index >= 15 is 0 Å². The zero-order valence-electron chi connectivity index (χ0n) is 13.6. The molecule has 2 aliphatic heterocycles. The van der Waals surface area contributed by atoms with Gasteiger partial charge in [0.25, 0.3) is 0 Å². The lowest BCUT2D eigenvalue weighted by atomic mass is 10.3. The van der Waals surface area contributed by atoms with Gasteiger partial charge in [0.1, 0.15) is 35.9 Å². The summed E-state index contributed by atoms with van der Waals surface area (Å²) in [5.74, 6) is 3.28. The van der Waals surface area contributed by atoms with E-state index in [0.717, 1.165) is 28.8 Å². The molecule has 25 heavy (non-hydrogen) atoms. The van der Waals surface area contributed by atoms with Gasteiger partial charge in [-0.2, -0.15) is 0 Å². The molecule has 2 aromatic carbocycles. The zero-order valence-corrected chi connectivity index (χ0v) is 13.6. The summed E-state index contributed by atoms with van der Waals surface area (Å²) in [5.41, 5.74) is 0.893. The number of fused-ring (bicyclic) bond motifs is 1. The van der Waals surface area contributed by atoms with Crippen LogP contribution in [0, 0.1) is 0 Å². The highest BCUT2D eigenvalue weighted by molar-refractivity contribution is 5.50. The van der Waals surface area contributed by atoms with E-state index in [1.165, 1.54) is 0 Å². The Labute approximate surface area is 145 Å². The van der Waals surface area contributed by atoms with E-state index in [1.54, 1.807) is 6.33 Å². The second-order valence-corrected chi connectivity index (χ2v) is 5.52. The van der Waals surface area contributed by atoms with Crippen LogP contribution < -0.4 is 9.47 Å². The van der Waals surface area contributed by atoms with Crippen molar-refractivity contribution in [3.8, 4) is 28.8 Å². The van der Waals surface area contributed by atoms with E-state index in [0.29, 0.717) is 13.2 Å². The number of hydrogen-bond donors (Lipinski definition) is 0. The molecule has 4 rings (SSSR count). The van der Waals surface area contributed by atoms with Crippen LogP contribution in [0.4, 0.5) is 0 Å². The van der Waals surface area contributed by atoms with Crippen molar-refractivity contribution < 1.29 is 9.47 Å². The Bertz CT molecular complexity index is 904. The molecule has 0 aromatic heterocycles. The molecule has 0 N–H and O–H groups in total. The first-order valence-electron chi connectivity index (χ1n) is 8.10. The van der Waals surface area contributed by atoms with Gasteiger partial charge in [0.2, 0.25) is 0 Å². The van der Waals surface area contributed by atoms with Crippen LogP contribution in [0.2, 0.25) is 0 Å². The fourth-order valence-corrected chi connectivity index (χ4v) is 2.59. The van der Waals surface area contributed by atoms with Crippen LogP contribution in [0.3, 0.4) is 0 Å². The summed E-state index contributed by atoms with van der Waals surface area (Å²) in [5, 5.41) is 0. The molecule has 0 aliphatic carbocycles. The minimum Gasteiger partial charge on any atom is -0.492 e. The predicted molar refractivity (Wildman–Crippen MR) is 95.1 cm³/mol. The maximum Gasteiger partial charge on any atom is 0.160 e. The van der Waals surface area contributed by atoms with Gasteiger partial charge < -0.3 is 14.0 Å². The predicted octanol–water partition coefficient (Wildman–Crippen LogP) is 4.25. The fourth-order valence-electron chi connectivity index (χ4n) is 2.59. The first kappa shape index (κ1) is 15.2. The summed E-state index contributed by atoms with van der Waals surface area (Å²) in [6.45, 7) is 1.26. The third-order valence-corrected chi connectivity index (χ3v) is 3.80. The van der Waals surface area contributed by atoms with E-state index in [9.17, 15) is 0 Å². The monoisotopic (exact) mass is 331 g/mol. The molecule has 0 bridgehead atoms. The van der Waals surface area contributed by atoms with Crippen molar-refractivity contribution in [3.05, 3.63) is 79.3 Å². The number of nitrogens with zero attached hydrogens (tertiary/aromatic N) is 3. The van der Waals surface area contributed by atoms with Crippen LogP contribution in [-0.4, -0.2) is 21.1 Å². The first-order valence-corrected chi connectivity index (χ1v) is 8.10. The maximum absolute atomic E-state index is 5.82. The third-order valence-electron chi connectivity index (χ3n) is 3.80. The minimum atomic E-state index is 0.551.